The van der Waals surface area contributed by atoms with Crippen molar-refractivity contribution in [3.63, 3.8) is 0 Å². The molecule has 1 aromatic carbocycles. The fourth-order valence-corrected chi connectivity index (χ4v) is 2.46. The lowest BCUT2D eigenvalue weighted by molar-refractivity contribution is -0.149. The van der Waals surface area contributed by atoms with Crippen LogP contribution in [0, 0.1) is 11.7 Å². The molecular weight excluding hydrogens is 311 g/mol. The SMILES string of the molecule is C=CCN(CC=C)C(=O)C1CN(C(=O)COc2ccccc2F)C1. The molecule has 0 saturated carbocycles. The predicted octanol–water partition coefficient (Wildman–Crippen LogP) is 1.86. The van der Waals surface area contributed by atoms with Crippen molar-refractivity contribution in [2.45, 2.75) is 0 Å². The molecule has 0 radical (unpaired) electrons. The highest BCUT2D eigenvalue weighted by Crippen LogP contribution is 2.20. The lowest BCUT2D eigenvalue weighted by Crippen LogP contribution is -2.57. The zero-order valence-corrected chi connectivity index (χ0v) is 13.5. The minimum Gasteiger partial charge on any atom is -0.481 e. The number of para-hydroxylation sites is 1. The summed E-state index contributed by atoms with van der Waals surface area (Å²) in [7, 11) is 0. The van der Waals surface area contributed by atoms with Crippen molar-refractivity contribution in [1.82, 2.24) is 9.80 Å². The lowest BCUT2D eigenvalue weighted by Gasteiger charge is -2.40. The normalized spacial score (nSPS) is 13.8. The Kier molecular flexibility index (Phi) is 6.12. The van der Waals surface area contributed by atoms with Gasteiger partial charge in [0, 0.05) is 26.2 Å². The topological polar surface area (TPSA) is 49.9 Å². The van der Waals surface area contributed by atoms with Crippen LogP contribution in [0.2, 0.25) is 0 Å². The van der Waals surface area contributed by atoms with Crippen molar-refractivity contribution in [3.05, 3.63) is 55.4 Å². The van der Waals surface area contributed by atoms with Gasteiger partial charge in [0.15, 0.2) is 18.2 Å². The largest absolute Gasteiger partial charge is 0.481 e. The molecule has 128 valence electrons. The molecule has 0 N–H and O–H groups in total. The quantitative estimate of drug-likeness (QED) is 0.683. The molecule has 5 nitrogen and oxygen atoms in total. The van der Waals surface area contributed by atoms with Crippen LogP contribution in [0.25, 0.3) is 0 Å². The number of nitrogens with zero attached hydrogens (tertiary/aromatic N) is 2. The van der Waals surface area contributed by atoms with E-state index in [1.54, 1.807) is 29.2 Å². The molecule has 0 aliphatic carbocycles. The fraction of sp³-hybridized carbons (Fsp3) is 0.333. The fourth-order valence-electron chi connectivity index (χ4n) is 2.46. The van der Waals surface area contributed by atoms with Crippen LogP contribution in [0.1, 0.15) is 0 Å². The van der Waals surface area contributed by atoms with Crippen LogP contribution in [0.5, 0.6) is 5.75 Å². The highest BCUT2D eigenvalue weighted by atomic mass is 19.1. The van der Waals surface area contributed by atoms with Crippen molar-refractivity contribution in [2.24, 2.45) is 5.92 Å². The summed E-state index contributed by atoms with van der Waals surface area (Å²) in [5, 5.41) is 0. The average molecular weight is 332 g/mol. The Labute approximate surface area is 141 Å². The summed E-state index contributed by atoms with van der Waals surface area (Å²) in [6.07, 6.45) is 3.32. The molecule has 2 amide bonds. The first-order valence-corrected chi connectivity index (χ1v) is 7.72. The second-order valence-corrected chi connectivity index (χ2v) is 5.54. The van der Waals surface area contributed by atoms with Crippen molar-refractivity contribution in [1.29, 1.82) is 0 Å². The molecule has 1 saturated heterocycles. The van der Waals surface area contributed by atoms with E-state index in [0.717, 1.165) is 0 Å². The van der Waals surface area contributed by atoms with Gasteiger partial charge in [-0.25, -0.2) is 4.39 Å². The number of benzene rings is 1. The zero-order valence-electron chi connectivity index (χ0n) is 13.5. The van der Waals surface area contributed by atoms with Gasteiger partial charge < -0.3 is 14.5 Å². The van der Waals surface area contributed by atoms with Crippen LogP contribution < -0.4 is 4.74 Å². The van der Waals surface area contributed by atoms with Crippen LogP contribution >= 0.6 is 0 Å². The van der Waals surface area contributed by atoms with E-state index in [1.807, 2.05) is 0 Å². The maximum absolute atomic E-state index is 13.4. The summed E-state index contributed by atoms with van der Waals surface area (Å²) in [5.74, 6) is -0.967. The predicted molar refractivity (Wildman–Crippen MR) is 88.9 cm³/mol. The van der Waals surface area contributed by atoms with E-state index in [-0.39, 0.29) is 30.1 Å². The van der Waals surface area contributed by atoms with E-state index in [4.69, 9.17) is 4.74 Å². The van der Waals surface area contributed by atoms with E-state index in [2.05, 4.69) is 13.2 Å². The van der Waals surface area contributed by atoms with Crippen molar-refractivity contribution in [2.75, 3.05) is 32.8 Å². The van der Waals surface area contributed by atoms with E-state index in [1.165, 1.54) is 17.0 Å². The molecule has 1 aromatic rings. The van der Waals surface area contributed by atoms with Gasteiger partial charge in [0.1, 0.15) is 0 Å². The third-order valence-corrected chi connectivity index (χ3v) is 3.78. The Balaban J connectivity index is 1.79. The van der Waals surface area contributed by atoms with Gasteiger partial charge in [0.2, 0.25) is 5.91 Å². The number of likely N-dealkylation sites (tertiary alicyclic amines) is 1. The van der Waals surface area contributed by atoms with Crippen molar-refractivity contribution >= 4 is 11.8 Å². The van der Waals surface area contributed by atoms with Crippen LogP contribution in [0.3, 0.4) is 0 Å². The first-order chi connectivity index (χ1) is 11.6. The molecule has 0 atom stereocenters. The first-order valence-electron chi connectivity index (χ1n) is 7.72. The third kappa shape index (κ3) is 4.22. The Morgan fingerprint density at radius 2 is 1.88 bits per heavy atom. The van der Waals surface area contributed by atoms with Gasteiger partial charge in [-0.2, -0.15) is 0 Å². The number of carbonyl (C=O) groups excluding carboxylic acids is 2. The summed E-state index contributed by atoms with van der Waals surface area (Å²) < 4.78 is 18.6. The molecule has 1 fully saturated rings. The number of rotatable bonds is 8. The van der Waals surface area contributed by atoms with Gasteiger partial charge in [-0.1, -0.05) is 24.3 Å². The number of amides is 2. The molecule has 24 heavy (non-hydrogen) atoms. The van der Waals surface area contributed by atoms with Crippen LogP contribution in [-0.4, -0.2) is 54.4 Å². The summed E-state index contributed by atoms with van der Waals surface area (Å²) in [4.78, 5) is 27.5. The van der Waals surface area contributed by atoms with Gasteiger partial charge in [0.05, 0.1) is 5.92 Å². The Morgan fingerprint density at radius 1 is 1.25 bits per heavy atom. The molecule has 6 heteroatoms. The van der Waals surface area contributed by atoms with E-state index in [9.17, 15) is 14.0 Å². The second kappa shape index (κ2) is 8.29. The van der Waals surface area contributed by atoms with Crippen LogP contribution in [0.4, 0.5) is 4.39 Å². The molecule has 1 aliphatic heterocycles. The third-order valence-electron chi connectivity index (χ3n) is 3.78. The summed E-state index contributed by atoms with van der Waals surface area (Å²) in [6.45, 7) is 8.62. The highest BCUT2D eigenvalue weighted by Gasteiger charge is 2.37. The standard InChI is InChI=1S/C18H21FN2O3/c1-3-9-20(10-4-2)18(23)14-11-21(12-14)17(22)13-24-16-8-6-5-7-15(16)19/h3-8,14H,1-2,9-13H2. The van der Waals surface area contributed by atoms with Crippen LogP contribution in [-0.2, 0) is 9.59 Å². The molecule has 0 unspecified atom stereocenters. The van der Waals surface area contributed by atoms with Crippen LogP contribution in [0.15, 0.2) is 49.6 Å². The van der Waals surface area contributed by atoms with E-state index in [0.29, 0.717) is 26.2 Å². The Morgan fingerprint density at radius 3 is 2.46 bits per heavy atom. The number of halogens is 1. The number of hydrogen-bond acceptors (Lipinski definition) is 3. The van der Waals surface area contributed by atoms with Gasteiger partial charge in [-0.05, 0) is 12.1 Å². The minimum absolute atomic E-state index is 0.0196. The summed E-state index contributed by atoms with van der Waals surface area (Å²) >= 11 is 0. The molecule has 2 rings (SSSR count). The maximum atomic E-state index is 13.4. The monoisotopic (exact) mass is 332 g/mol. The van der Waals surface area contributed by atoms with Gasteiger partial charge in [0.25, 0.3) is 5.91 Å². The molecule has 0 spiro atoms. The Hall–Kier alpha value is -2.63. The lowest BCUT2D eigenvalue weighted by atomic mass is 9.98. The minimum atomic E-state index is -0.508. The van der Waals surface area contributed by atoms with Gasteiger partial charge in [-0.3, -0.25) is 9.59 Å². The zero-order chi connectivity index (χ0) is 17.5. The summed E-state index contributed by atoms with van der Waals surface area (Å²) in [5.41, 5.74) is 0. The first kappa shape index (κ1) is 17.7. The average Bonchev–Trinajstić information content (AvgIpc) is 2.52. The van der Waals surface area contributed by atoms with E-state index < -0.39 is 5.82 Å². The van der Waals surface area contributed by atoms with Crippen molar-refractivity contribution in [3.8, 4) is 5.75 Å². The molecule has 0 aromatic heterocycles. The number of hydrogen-bond donors (Lipinski definition) is 0. The molecule has 1 heterocycles. The van der Waals surface area contributed by atoms with E-state index >= 15 is 0 Å². The summed E-state index contributed by atoms with van der Waals surface area (Å²) in [6, 6.07) is 5.92. The Bertz CT molecular complexity index is 616. The molecule has 0 bridgehead atoms. The van der Waals surface area contributed by atoms with Gasteiger partial charge >= 0.3 is 0 Å². The van der Waals surface area contributed by atoms with Crippen molar-refractivity contribution < 1.29 is 18.7 Å². The van der Waals surface area contributed by atoms with Gasteiger partial charge in [-0.15, -0.1) is 13.2 Å². The maximum Gasteiger partial charge on any atom is 0.260 e. The molecular formula is C18H21FN2O3. The second-order valence-electron chi connectivity index (χ2n) is 5.54. The smallest absolute Gasteiger partial charge is 0.260 e. The number of carbonyl (C=O) groups is 2. The highest BCUT2D eigenvalue weighted by molar-refractivity contribution is 5.85. The number of ether oxygens (including phenoxy) is 1. The molecule has 1 aliphatic rings.